The van der Waals surface area contributed by atoms with E-state index in [0.717, 1.165) is 29.7 Å². The smallest absolute Gasteiger partial charge is 0.317 e. The van der Waals surface area contributed by atoms with E-state index in [4.69, 9.17) is 0 Å². The molecule has 3 rings (SSSR count). The topological polar surface area (TPSA) is 45.2 Å². The first-order valence-corrected chi connectivity index (χ1v) is 8.66. The van der Waals surface area contributed by atoms with Crippen LogP contribution in [-0.4, -0.2) is 23.0 Å². The zero-order chi connectivity index (χ0) is 16.4. The Hall–Kier alpha value is -1.95. The van der Waals surface area contributed by atoms with Gasteiger partial charge < -0.3 is 10.2 Å². The summed E-state index contributed by atoms with van der Waals surface area (Å²) in [6, 6.07) is 4.80. The van der Waals surface area contributed by atoms with Crippen LogP contribution in [0.1, 0.15) is 36.2 Å². The van der Waals surface area contributed by atoms with Gasteiger partial charge in [0.1, 0.15) is 5.82 Å². The van der Waals surface area contributed by atoms with Crippen molar-refractivity contribution in [3.63, 3.8) is 0 Å². The van der Waals surface area contributed by atoms with Crippen LogP contribution in [0.15, 0.2) is 29.1 Å². The third-order valence-electron chi connectivity index (χ3n) is 4.42. The minimum absolute atomic E-state index is 0.153. The highest BCUT2D eigenvalue weighted by Crippen LogP contribution is 2.35. The van der Waals surface area contributed by atoms with Crippen molar-refractivity contribution in [1.29, 1.82) is 0 Å². The average Bonchev–Trinajstić information content (AvgIpc) is 3.03. The van der Waals surface area contributed by atoms with Crippen LogP contribution in [0.3, 0.4) is 0 Å². The van der Waals surface area contributed by atoms with Gasteiger partial charge in [-0.3, -0.25) is 0 Å². The number of nitrogens with zero attached hydrogens (tertiary/aromatic N) is 2. The molecule has 2 amide bonds. The molecular weight excluding hydrogens is 313 g/mol. The molecule has 0 saturated heterocycles. The largest absolute Gasteiger partial charge is 0.331 e. The molecule has 0 aliphatic heterocycles. The van der Waals surface area contributed by atoms with Crippen molar-refractivity contribution < 1.29 is 9.18 Å². The van der Waals surface area contributed by atoms with E-state index < -0.39 is 0 Å². The van der Waals surface area contributed by atoms with Gasteiger partial charge in [0.15, 0.2) is 0 Å². The van der Waals surface area contributed by atoms with Crippen molar-refractivity contribution >= 4 is 17.4 Å². The molecule has 0 spiro atoms. The molecule has 23 heavy (non-hydrogen) atoms. The Kier molecular flexibility index (Phi) is 4.61. The van der Waals surface area contributed by atoms with E-state index in [1.54, 1.807) is 23.5 Å². The molecule has 0 radical (unpaired) electrons. The first kappa shape index (κ1) is 15.9. The predicted octanol–water partition coefficient (Wildman–Crippen LogP) is 3.75. The van der Waals surface area contributed by atoms with Crippen molar-refractivity contribution in [1.82, 2.24) is 15.2 Å². The second kappa shape index (κ2) is 6.66. The lowest BCUT2D eigenvalue weighted by Gasteiger charge is -2.33. The van der Waals surface area contributed by atoms with Crippen molar-refractivity contribution in [2.45, 2.75) is 32.4 Å². The van der Waals surface area contributed by atoms with Gasteiger partial charge in [0, 0.05) is 12.4 Å². The Morgan fingerprint density at radius 2 is 2.35 bits per heavy atom. The van der Waals surface area contributed by atoms with E-state index >= 15 is 0 Å². The molecule has 0 saturated carbocycles. The van der Waals surface area contributed by atoms with Crippen molar-refractivity contribution in [2.75, 3.05) is 7.05 Å². The summed E-state index contributed by atoms with van der Waals surface area (Å²) in [4.78, 5) is 18.3. The first-order valence-electron chi connectivity index (χ1n) is 7.72. The second-order valence-corrected chi connectivity index (χ2v) is 6.81. The zero-order valence-electron chi connectivity index (χ0n) is 13.3. The number of fused-ring (bicyclic) bond motifs is 1. The lowest BCUT2D eigenvalue weighted by molar-refractivity contribution is 0.195. The molecule has 1 aromatic heterocycles. The predicted molar refractivity (Wildman–Crippen MR) is 88.7 cm³/mol. The van der Waals surface area contributed by atoms with Gasteiger partial charge in [0.2, 0.25) is 0 Å². The number of benzene rings is 1. The highest BCUT2D eigenvalue weighted by atomic mass is 32.1. The number of nitrogens with one attached hydrogen (secondary N) is 1. The molecule has 0 bridgehead atoms. The number of urea groups is 1. The number of rotatable bonds is 3. The Morgan fingerprint density at radius 1 is 1.52 bits per heavy atom. The Labute approximate surface area is 139 Å². The summed E-state index contributed by atoms with van der Waals surface area (Å²) in [6.07, 6.45) is 1.60. The molecule has 1 aromatic carbocycles. The first-order chi connectivity index (χ1) is 11.1. The summed E-state index contributed by atoms with van der Waals surface area (Å²) in [5, 5.41) is 4.99. The monoisotopic (exact) mass is 333 g/mol. The van der Waals surface area contributed by atoms with Crippen LogP contribution in [0.4, 0.5) is 9.18 Å². The summed E-state index contributed by atoms with van der Waals surface area (Å²) in [6.45, 7) is 2.56. The number of carbonyl (C=O) groups is 1. The fourth-order valence-electron chi connectivity index (χ4n) is 3.07. The molecule has 0 fully saturated rings. The SMILES string of the molecule is C[C@H]1CCc2c(F)cccc2[C@H]1NC(=O)N(C)Cc1cscn1. The molecule has 2 aromatic rings. The van der Waals surface area contributed by atoms with Gasteiger partial charge in [0.05, 0.1) is 23.8 Å². The summed E-state index contributed by atoms with van der Waals surface area (Å²) >= 11 is 1.51. The van der Waals surface area contributed by atoms with Crippen molar-refractivity contribution in [3.8, 4) is 0 Å². The van der Waals surface area contributed by atoms with Crippen LogP contribution in [-0.2, 0) is 13.0 Å². The van der Waals surface area contributed by atoms with E-state index in [9.17, 15) is 9.18 Å². The molecule has 1 aliphatic rings. The van der Waals surface area contributed by atoms with Gasteiger partial charge >= 0.3 is 6.03 Å². The maximum Gasteiger partial charge on any atom is 0.317 e. The number of amides is 2. The molecular formula is C17H20FN3OS. The van der Waals surface area contributed by atoms with E-state index in [2.05, 4.69) is 17.2 Å². The number of hydrogen-bond acceptors (Lipinski definition) is 3. The summed E-state index contributed by atoms with van der Waals surface area (Å²) in [7, 11) is 1.74. The standard InChI is InChI=1S/C17H20FN3OS/c1-11-6-7-13-14(4-3-5-15(13)18)16(11)20-17(22)21(2)8-12-9-23-10-19-12/h3-5,9-11,16H,6-8H2,1-2H3,(H,20,22)/t11-,16-/m0/s1. The maximum atomic E-state index is 14.0. The van der Waals surface area contributed by atoms with E-state index in [1.807, 2.05) is 11.4 Å². The van der Waals surface area contributed by atoms with Gasteiger partial charge in [-0.05, 0) is 36.0 Å². The highest BCUT2D eigenvalue weighted by molar-refractivity contribution is 7.07. The Morgan fingerprint density at radius 3 is 3.09 bits per heavy atom. The third-order valence-corrected chi connectivity index (χ3v) is 5.05. The van der Waals surface area contributed by atoms with Gasteiger partial charge in [-0.15, -0.1) is 11.3 Å². The minimum Gasteiger partial charge on any atom is -0.331 e. The Bertz CT molecular complexity index is 689. The lowest BCUT2D eigenvalue weighted by atomic mass is 9.80. The van der Waals surface area contributed by atoms with Gasteiger partial charge in [-0.25, -0.2) is 14.2 Å². The van der Waals surface area contributed by atoms with Gasteiger partial charge in [0.25, 0.3) is 0 Å². The zero-order valence-corrected chi connectivity index (χ0v) is 14.1. The van der Waals surface area contributed by atoms with Crippen LogP contribution in [0.2, 0.25) is 0 Å². The molecule has 0 unspecified atom stereocenters. The third kappa shape index (κ3) is 3.37. The summed E-state index contributed by atoms with van der Waals surface area (Å²) in [5.74, 6) is 0.102. The maximum absolute atomic E-state index is 14.0. The van der Waals surface area contributed by atoms with E-state index in [-0.39, 0.29) is 23.8 Å². The van der Waals surface area contributed by atoms with Crippen molar-refractivity contribution in [3.05, 3.63) is 51.7 Å². The lowest BCUT2D eigenvalue weighted by Crippen LogP contribution is -2.42. The fourth-order valence-corrected chi connectivity index (χ4v) is 3.62. The van der Waals surface area contributed by atoms with E-state index in [1.165, 1.54) is 17.4 Å². The molecule has 2 atom stereocenters. The second-order valence-electron chi connectivity index (χ2n) is 6.09. The summed E-state index contributed by atoms with van der Waals surface area (Å²) in [5.41, 5.74) is 4.26. The molecule has 4 nitrogen and oxygen atoms in total. The number of carbonyl (C=O) groups excluding carboxylic acids is 1. The van der Waals surface area contributed by atoms with Crippen molar-refractivity contribution in [2.24, 2.45) is 5.92 Å². The normalized spacial score (nSPS) is 20.0. The van der Waals surface area contributed by atoms with E-state index in [0.29, 0.717) is 6.54 Å². The molecule has 1 N–H and O–H groups in total. The average molecular weight is 333 g/mol. The highest BCUT2D eigenvalue weighted by Gasteiger charge is 2.30. The van der Waals surface area contributed by atoms with Crippen LogP contribution < -0.4 is 5.32 Å². The van der Waals surface area contributed by atoms with Crippen LogP contribution in [0.5, 0.6) is 0 Å². The van der Waals surface area contributed by atoms with Gasteiger partial charge in [-0.1, -0.05) is 19.1 Å². The number of hydrogen-bond donors (Lipinski definition) is 1. The minimum atomic E-state index is -0.176. The summed E-state index contributed by atoms with van der Waals surface area (Å²) < 4.78 is 14.0. The fraction of sp³-hybridized carbons (Fsp3) is 0.412. The molecule has 1 aliphatic carbocycles. The van der Waals surface area contributed by atoms with Gasteiger partial charge in [-0.2, -0.15) is 0 Å². The number of aromatic nitrogens is 1. The Balaban J connectivity index is 1.74. The molecule has 122 valence electrons. The number of halogens is 1. The van der Waals surface area contributed by atoms with Crippen LogP contribution in [0, 0.1) is 11.7 Å². The quantitative estimate of drug-likeness (QED) is 0.930. The molecule has 1 heterocycles. The molecule has 6 heteroatoms. The van der Waals surface area contributed by atoms with Crippen LogP contribution in [0.25, 0.3) is 0 Å². The van der Waals surface area contributed by atoms with Crippen LogP contribution >= 0.6 is 11.3 Å². The number of thiazole rings is 1.